The largest absolute Gasteiger partial charge is 0.508 e. The van der Waals surface area contributed by atoms with Gasteiger partial charge in [0.2, 0.25) is 0 Å². The number of aromatic hydroxyl groups is 1. The number of carbonyl (C=O) groups excluding carboxylic acids is 1. The summed E-state index contributed by atoms with van der Waals surface area (Å²) in [6.45, 7) is 6.47. The van der Waals surface area contributed by atoms with Crippen molar-refractivity contribution in [2.75, 3.05) is 32.7 Å². The Hall–Kier alpha value is -2.28. The monoisotopic (exact) mass is 387 g/mol. The number of phenols is 1. The second-order valence-corrected chi connectivity index (χ2v) is 7.61. The molecule has 1 saturated heterocycles. The second-order valence-electron chi connectivity index (χ2n) is 7.61. The molecule has 0 unspecified atom stereocenters. The number of nitrogens with one attached hydrogen (secondary N) is 3. The van der Waals surface area contributed by atoms with Gasteiger partial charge in [-0.05, 0) is 57.2 Å². The summed E-state index contributed by atoms with van der Waals surface area (Å²) in [4.78, 5) is 19.3. The van der Waals surface area contributed by atoms with E-state index >= 15 is 0 Å². The van der Waals surface area contributed by atoms with Crippen LogP contribution in [0, 0.1) is 0 Å². The number of piperidine rings is 1. The van der Waals surface area contributed by atoms with Gasteiger partial charge >= 0.3 is 0 Å². The standard InChI is InChI=1S/C21H33N5O2/c1-2-22-21(25-17-9-13-26(14-10-17)18-7-8-18)24-12-4-11-23-20(28)16-5-3-6-19(27)15-16/h3,5-6,15,17-18,27H,2,4,7-14H2,1H3,(H,23,28)(H2,22,24,25). The molecule has 3 rings (SSSR count). The summed E-state index contributed by atoms with van der Waals surface area (Å²) in [7, 11) is 0. The van der Waals surface area contributed by atoms with Gasteiger partial charge in [-0.2, -0.15) is 0 Å². The fraction of sp³-hybridized carbons (Fsp3) is 0.619. The van der Waals surface area contributed by atoms with Crippen molar-refractivity contribution in [3.63, 3.8) is 0 Å². The summed E-state index contributed by atoms with van der Waals surface area (Å²) in [5.41, 5.74) is 0.469. The molecule has 7 heteroatoms. The Balaban J connectivity index is 1.36. The number of amides is 1. The average molecular weight is 388 g/mol. The first-order valence-corrected chi connectivity index (χ1v) is 10.5. The van der Waals surface area contributed by atoms with Crippen molar-refractivity contribution in [1.29, 1.82) is 0 Å². The number of likely N-dealkylation sites (tertiary alicyclic amines) is 1. The highest BCUT2D eigenvalue weighted by molar-refractivity contribution is 5.94. The van der Waals surface area contributed by atoms with Crippen molar-refractivity contribution in [2.45, 2.75) is 51.1 Å². The van der Waals surface area contributed by atoms with E-state index in [4.69, 9.17) is 0 Å². The summed E-state index contributed by atoms with van der Waals surface area (Å²) in [5, 5.41) is 19.2. The molecule has 4 N–H and O–H groups in total. The molecule has 0 atom stereocenters. The van der Waals surface area contributed by atoms with Gasteiger partial charge in [0.25, 0.3) is 5.91 Å². The first-order chi connectivity index (χ1) is 13.7. The molecule has 28 heavy (non-hydrogen) atoms. The zero-order chi connectivity index (χ0) is 19.8. The number of guanidine groups is 1. The third-order valence-electron chi connectivity index (χ3n) is 5.28. The van der Waals surface area contributed by atoms with Crippen LogP contribution >= 0.6 is 0 Å². The van der Waals surface area contributed by atoms with E-state index in [0.717, 1.165) is 25.0 Å². The van der Waals surface area contributed by atoms with Crippen molar-refractivity contribution in [1.82, 2.24) is 20.9 Å². The van der Waals surface area contributed by atoms with E-state index in [2.05, 4.69) is 32.8 Å². The van der Waals surface area contributed by atoms with Crippen LogP contribution in [0.3, 0.4) is 0 Å². The molecule has 1 amide bonds. The number of phenolic OH excluding ortho intramolecular Hbond substituents is 1. The van der Waals surface area contributed by atoms with Gasteiger partial charge in [0.15, 0.2) is 5.96 Å². The third-order valence-corrected chi connectivity index (χ3v) is 5.28. The molecule has 2 aliphatic rings. The molecule has 1 aliphatic carbocycles. The van der Waals surface area contributed by atoms with E-state index < -0.39 is 0 Å². The Morgan fingerprint density at radius 3 is 2.68 bits per heavy atom. The van der Waals surface area contributed by atoms with Crippen LogP contribution in [0.2, 0.25) is 0 Å². The number of aliphatic imine (C=N–C) groups is 1. The van der Waals surface area contributed by atoms with Gasteiger partial charge < -0.3 is 26.0 Å². The summed E-state index contributed by atoms with van der Waals surface area (Å²) < 4.78 is 0. The molecule has 1 aliphatic heterocycles. The van der Waals surface area contributed by atoms with E-state index in [0.29, 0.717) is 24.7 Å². The smallest absolute Gasteiger partial charge is 0.251 e. The second kappa shape index (κ2) is 10.3. The highest BCUT2D eigenvalue weighted by atomic mass is 16.3. The van der Waals surface area contributed by atoms with Gasteiger partial charge in [-0.25, -0.2) is 0 Å². The van der Waals surface area contributed by atoms with Crippen molar-refractivity contribution in [2.24, 2.45) is 4.99 Å². The quantitative estimate of drug-likeness (QED) is 0.310. The molecule has 0 radical (unpaired) electrons. The van der Waals surface area contributed by atoms with Crippen LogP contribution in [0.5, 0.6) is 5.75 Å². The van der Waals surface area contributed by atoms with E-state index in [1.807, 2.05) is 0 Å². The lowest BCUT2D eigenvalue weighted by molar-refractivity contribution is 0.0953. The molecular weight excluding hydrogens is 354 g/mol. The topological polar surface area (TPSA) is 89.0 Å². The van der Waals surface area contributed by atoms with E-state index in [1.165, 1.54) is 44.8 Å². The van der Waals surface area contributed by atoms with Gasteiger partial charge in [-0.1, -0.05) is 6.07 Å². The summed E-state index contributed by atoms with van der Waals surface area (Å²) in [5.74, 6) is 0.792. The normalized spacial score (nSPS) is 18.7. The van der Waals surface area contributed by atoms with Crippen LogP contribution in [-0.2, 0) is 0 Å². The molecule has 1 aromatic carbocycles. The summed E-state index contributed by atoms with van der Waals surface area (Å²) in [6.07, 6.45) is 5.86. The van der Waals surface area contributed by atoms with Crippen LogP contribution in [0.15, 0.2) is 29.3 Å². The fourth-order valence-corrected chi connectivity index (χ4v) is 3.58. The Morgan fingerprint density at radius 1 is 1.21 bits per heavy atom. The number of carbonyl (C=O) groups is 1. The molecular formula is C21H33N5O2. The lowest BCUT2D eigenvalue weighted by Gasteiger charge is -2.33. The summed E-state index contributed by atoms with van der Waals surface area (Å²) in [6, 6.07) is 7.72. The maximum atomic E-state index is 12.1. The van der Waals surface area contributed by atoms with E-state index in [-0.39, 0.29) is 11.7 Å². The van der Waals surface area contributed by atoms with Crippen molar-refractivity contribution in [3.05, 3.63) is 29.8 Å². The first-order valence-electron chi connectivity index (χ1n) is 10.5. The van der Waals surface area contributed by atoms with Crippen LogP contribution in [0.25, 0.3) is 0 Å². The minimum absolute atomic E-state index is 0.0987. The molecule has 2 fully saturated rings. The van der Waals surface area contributed by atoms with Gasteiger partial charge in [-0.3, -0.25) is 9.79 Å². The SMILES string of the molecule is CCNC(=NCCCNC(=O)c1cccc(O)c1)NC1CCN(C2CC2)CC1. The zero-order valence-electron chi connectivity index (χ0n) is 16.8. The maximum absolute atomic E-state index is 12.1. The van der Waals surface area contributed by atoms with Gasteiger partial charge in [0.05, 0.1) is 0 Å². The van der Waals surface area contributed by atoms with Crippen molar-refractivity contribution >= 4 is 11.9 Å². The highest BCUT2D eigenvalue weighted by Gasteiger charge is 2.31. The molecule has 1 heterocycles. The maximum Gasteiger partial charge on any atom is 0.251 e. The Kier molecular flexibility index (Phi) is 7.54. The average Bonchev–Trinajstić information content (AvgIpc) is 3.53. The van der Waals surface area contributed by atoms with Crippen LogP contribution in [0.1, 0.15) is 49.4 Å². The summed E-state index contributed by atoms with van der Waals surface area (Å²) >= 11 is 0. The third kappa shape index (κ3) is 6.41. The van der Waals surface area contributed by atoms with E-state index in [1.54, 1.807) is 18.2 Å². The van der Waals surface area contributed by atoms with Gasteiger partial charge in [0.1, 0.15) is 5.75 Å². The van der Waals surface area contributed by atoms with E-state index in [9.17, 15) is 9.90 Å². The minimum atomic E-state index is -0.174. The number of rotatable bonds is 8. The fourth-order valence-electron chi connectivity index (χ4n) is 3.58. The molecule has 154 valence electrons. The Bertz CT molecular complexity index is 667. The molecule has 0 aromatic heterocycles. The molecule has 0 bridgehead atoms. The van der Waals surface area contributed by atoms with Crippen molar-refractivity contribution < 1.29 is 9.90 Å². The van der Waals surface area contributed by atoms with Crippen LogP contribution in [0.4, 0.5) is 0 Å². The molecule has 0 spiro atoms. The van der Waals surface area contributed by atoms with Gasteiger partial charge in [0, 0.05) is 50.4 Å². The van der Waals surface area contributed by atoms with Crippen LogP contribution < -0.4 is 16.0 Å². The van der Waals surface area contributed by atoms with Gasteiger partial charge in [-0.15, -0.1) is 0 Å². The number of benzene rings is 1. The predicted octanol–water partition coefficient (Wildman–Crippen LogP) is 1.69. The number of nitrogens with zero attached hydrogens (tertiary/aromatic N) is 2. The number of hydrogen-bond donors (Lipinski definition) is 4. The Morgan fingerprint density at radius 2 is 2.00 bits per heavy atom. The van der Waals surface area contributed by atoms with Crippen LogP contribution in [-0.4, -0.2) is 66.7 Å². The first kappa shape index (κ1) is 20.5. The Labute approximate surface area is 167 Å². The number of hydrogen-bond acceptors (Lipinski definition) is 4. The highest BCUT2D eigenvalue weighted by Crippen LogP contribution is 2.29. The molecule has 7 nitrogen and oxygen atoms in total. The minimum Gasteiger partial charge on any atom is -0.508 e. The lowest BCUT2D eigenvalue weighted by Crippen LogP contribution is -2.49. The molecule has 1 saturated carbocycles. The van der Waals surface area contributed by atoms with Crippen molar-refractivity contribution in [3.8, 4) is 5.75 Å². The zero-order valence-corrected chi connectivity index (χ0v) is 16.8. The lowest BCUT2D eigenvalue weighted by atomic mass is 10.1. The predicted molar refractivity (Wildman–Crippen MR) is 112 cm³/mol. The molecule has 1 aromatic rings.